The lowest BCUT2D eigenvalue weighted by molar-refractivity contribution is -0.138. The molecule has 0 aromatic heterocycles. The lowest BCUT2D eigenvalue weighted by Crippen LogP contribution is -2.40. The average Bonchev–Trinajstić information content (AvgIpc) is 3.14. The van der Waals surface area contributed by atoms with Gasteiger partial charge >= 0.3 is 12.1 Å². The van der Waals surface area contributed by atoms with Gasteiger partial charge in [0.1, 0.15) is 13.2 Å². The number of fused-ring (bicyclic) bond motifs is 3. The molecule has 0 saturated heterocycles. The molecule has 35 heavy (non-hydrogen) atoms. The van der Waals surface area contributed by atoms with E-state index in [9.17, 15) is 14.4 Å². The minimum absolute atomic E-state index is 0.0831. The first kappa shape index (κ1) is 24.3. The number of amides is 2. The number of benzene rings is 3. The second-order valence-corrected chi connectivity index (χ2v) is 9.04. The van der Waals surface area contributed by atoms with Crippen molar-refractivity contribution in [2.75, 3.05) is 18.5 Å². The number of rotatable bonds is 7. The predicted molar refractivity (Wildman–Crippen MR) is 134 cm³/mol. The first-order valence-corrected chi connectivity index (χ1v) is 11.6. The van der Waals surface area contributed by atoms with Gasteiger partial charge in [0.15, 0.2) is 0 Å². The molecule has 0 spiro atoms. The summed E-state index contributed by atoms with van der Waals surface area (Å²) < 4.78 is 5.56. The molecule has 8 heteroatoms. The van der Waals surface area contributed by atoms with Crippen LogP contribution in [0.1, 0.15) is 41.3 Å². The number of carbonyl (C=O) groups is 3. The smallest absolute Gasteiger partial charge is 0.411 e. The number of anilines is 1. The van der Waals surface area contributed by atoms with Crippen LogP contribution in [-0.2, 0) is 9.53 Å². The second kappa shape index (κ2) is 10.2. The van der Waals surface area contributed by atoms with Crippen molar-refractivity contribution < 1.29 is 24.2 Å². The molecule has 7 nitrogen and oxygen atoms in total. The number of ether oxygens (including phenoxy) is 1. The molecule has 0 radical (unpaired) electrons. The van der Waals surface area contributed by atoms with Crippen molar-refractivity contribution in [3.05, 3.63) is 88.4 Å². The van der Waals surface area contributed by atoms with E-state index in [0.29, 0.717) is 0 Å². The molecule has 0 heterocycles. The quantitative estimate of drug-likeness (QED) is 0.445. The van der Waals surface area contributed by atoms with E-state index >= 15 is 0 Å². The van der Waals surface area contributed by atoms with Crippen molar-refractivity contribution in [3.63, 3.8) is 0 Å². The van der Waals surface area contributed by atoms with Gasteiger partial charge in [-0.15, -0.1) is 0 Å². The van der Waals surface area contributed by atoms with Gasteiger partial charge in [-0.3, -0.25) is 14.9 Å². The van der Waals surface area contributed by atoms with Gasteiger partial charge in [-0.25, -0.2) is 4.79 Å². The average molecular weight is 493 g/mol. The summed E-state index contributed by atoms with van der Waals surface area (Å²) in [5.74, 6) is -1.70. The van der Waals surface area contributed by atoms with Crippen LogP contribution < -0.4 is 5.32 Å². The van der Waals surface area contributed by atoms with Crippen LogP contribution in [0.15, 0.2) is 66.7 Å². The molecule has 180 valence electrons. The van der Waals surface area contributed by atoms with E-state index < -0.39 is 24.5 Å². The standard InChI is InChI=1S/C27H25ClN2O5/c1-16(2)30(14-25(31)32)26(33)17-11-18(28)13-19(12-17)29-27(34)35-15-24-22-9-5-3-7-20(22)21-8-4-6-10-23(21)24/h3-13,16,24H,14-15H2,1-2H3,(H,29,34)(H,31,32). The topological polar surface area (TPSA) is 95.9 Å². The van der Waals surface area contributed by atoms with Gasteiger partial charge in [-0.1, -0.05) is 60.1 Å². The molecule has 2 amide bonds. The first-order valence-electron chi connectivity index (χ1n) is 11.2. The molecule has 0 bridgehead atoms. The van der Waals surface area contributed by atoms with Crippen molar-refractivity contribution in [2.45, 2.75) is 25.8 Å². The summed E-state index contributed by atoms with van der Waals surface area (Å²) in [5, 5.41) is 12.0. The molecule has 0 atom stereocenters. The number of carboxylic acid groups (broad SMARTS) is 1. The van der Waals surface area contributed by atoms with E-state index in [-0.39, 0.29) is 34.8 Å². The number of hydrogen-bond acceptors (Lipinski definition) is 4. The van der Waals surface area contributed by atoms with E-state index in [2.05, 4.69) is 17.4 Å². The zero-order valence-corrected chi connectivity index (χ0v) is 20.1. The summed E-state index contributed by atoms with van der Waals surface area (Å²) in [7, 11) is 0. The highest BCUT2D eigenvalue weighted by Crippen LogP contribution is 2.44. The Hall–Kier alpha value is -3.84. The van der Waals surface area contributed by atoms with E-state index in [4.69, 9.17) is 21.4 Å². The fourth-order valence-electron chi connectivity index (χ4n) is 4.34. The van der Waals surface area contributed by atoms with Gasteiger partial charge in [-0.05, 0) is 54.3 Å². The molecule has 0 aliphatic heterocycles. The molecule has 1 aliphatic carbocycles. The molecule has 3 aromatic carbocycles. The summed E-state index contributed by atoms with van der Waals surface area (Å²) in [5.41, 5.74) is 4.91. The van der Waals surface area contributed by atoms with Crippen LogP contribution in [0, 0.1) is 0 Å². The Labute approximate surface area is 208 Å². The Kier molecular flexibility index (Phi) is 7.07. The third kappa shape index (κ3) is 5.30. The van der Waals surface area contributed by atoms with Gasteiger partial charge < -0.3 is 14.7 Å². The Morgan fingerprint density at radius 2 is 1.60 bits per heavy atom. The highest BCUT2D eigenvalue weighted by atomic mass is 35.5. The summed E-state index contributed by atoms with van der Waals surface area (Å²) in [4.78, 5) is 37.9. The molecular weight excluding hydrogens is 468 g/mol. The van der Waals surface area contributed by atoms with Gasteiger partial charge in [0.2, 0.25) is 0 Å². The molecule has 1 aliphatic rings. The maximum absolute atomic E-state index is 12.9. The largest absolute Gasteiger partial charge is 0.480 e. The lowest BCUT2D eigenvalue weighted by Gasteiger charge is -2.25. The SMILES string of the molecule is CC(C)N(CC(=O)O)C(=O)c1cc(Cl)cc(NC(=O)OCC2c3ccccc3-c3ccccc32)c1. The van der Waals surface area contributed by atoms with Gasteiger partial charge in [-0.2, -0.15) is 0 Å². The van der Waals surface area contributed by atoms with Crippen LogP contribution in [-0.4, -0.2) is 47.2 Å². The van der Waals surface area contributed by atoms with Crippen molar-refractivity contribution in [3.8, 4) is 11.1 Å². The van der Waals surface area contributed by atoms with E-state index in [0.717, 1.165) is 22.3 Å². The molecule has 0 unspecified atom stereocenters. The molecule has 2 N–H and O–H groups in total. The molecule has 3 aromatic rings. The summed E-state index contributed by atoms with van der Waals surface area (Å²) in [6, 6.07) is 20.1. The van der Waals surface area contributed by atoms with E-state index in [1.54, 1.807) is 13.8 Å². The van der Waals surface area contributed by atoms with Crippen LogP contribution in [0.4, 0.5) is 10.5 Å². The maximum atomic E-state index is 12.9. The maximum Gasteiger partial charge on any atom is 0.411 e. The number of hydrogen-bond donors (Lipinski definition) is 2. The molecule has 4 rings (SSSR count). The molecule has 0 fully saturated rings. The zero-order valence-electron chi connectivity index (χ0n) is 19.3. The number of nitrogens with zero attached hydrogens (tertiary/aromatic N) is 1. The number of carboxylic acids is 1. The van der Waals surface area contributed by atoms with Gasteiger partial charge in [0.05, 0.1) is 0 Å². The Balaban J connectivity index is 1.47. The highest BCUT2D eigenvalue weighted by molar-refractivity contribution is 6.31. The van der Waals surface area contributed by atoms with Crippen molar-refractivity contribution in [1.82, 2.24) is 4.90 Å². The van der Waals surface area contributed by atoms with E-state index in [1.165, 1.54) is 23.1 Å². The van der Waals surface area contributed by atoms with Crippen molar-refractivity contribution >= 4 is 35.3 Å². The Bertz CT molecular complexity index is 1240. The number of carbonyl (C=O) groups excluding carboxylic acids is 2. The number of nitrogens with one attached hydrogen (secondary N) is 1. The summed E-state index contributed by atoms with van der Waals surface area (Å²) in [6.07, 6.45) is -0.682. The first-order chi connectivity index (χ1) is 16.7. The fourth-order valence-corrected chi connectivity index (χ4v) is 4.57. The third-order valence-electron chi connectivity index (χ3n) is 5.92. The van der Waals surface area contributed by atoms with Crippen molar-refractivity contribution in [1.29, 1.82) is 0 Å². The number of aliphatic carboxylic acids is 1. The minimum Gasteiger partial charge on any atom is -0.480 e. The summed E-state index contributed by atoms with van der Waals surface area (Å²) in [6.45, 7) is 3.15. The lowest BCUT2D eigenvalue weighted by atomic mass is 9.98. The third-order valence-corrected chi connectivity index (χ3v) is 6.14. The van der Waals surface area contributed by atoms with Crippen LogP contribution >= 0.6 is 11.6 Å². The monoisotopic (exact) mass is 492 g/mol. The van der Waals surface area contributed by atoms with Crippen LogP contribution in [0.5, 0.6) is 0 Å². The van der Waals surface area contributed by atoms with Crippen molar-refractivity contribution in [2.24, 2.45) is 0 Å². The fraction of sp³-hybridized carbons (Fsp3) is 0.222. The predicted octanol–water partition coefficient (Wildman–Crippen LogP) is 5.64. The second-order valence-electron chi connectivity index (χ2n) is 8.60. The normalized spacial score (nSPS) is 12.1. The summed E-state index contributed by atoms with van der Waals surface area (Å²) >= 11 is 6.18. The Morgan fingerprint density at radius 3 is 2.17 bits per heavy atom. The minimum atomic E-state index is -1.12. The van der Waals surface area contributed by atoms with Gasteiger partial charge in [0.25, 0.3) is 5.91 Å². The van der Waals surface area contributed by atoms with E-state index in [1.807, 2.05) is 36.4 Å². The zero-order chi connectivity index (χ0) is 25.1. The molecular formula is C27H25ClN2O5. The molecule has 0 saturated carbocycles. The Morgan fingerprint density at radius 1 is 1.00 bits per heavy atom. The highest BCUT2D eigenvalue weighted by Gasteiger charge is 2.29. The van der Waals surface area contributed by atoms with Crippen LogP contribution in [0.3, 0.4) is 0 Å². The van der Waals surface area contributed by atoms with Gasteiger partial charge in [0, 0.05) is 28.2 Å². The van der Waals surface area contributed by atoms with Crippen LogP contribution in [0.25, 0.3) is 11.1 Å². The van der Waals surface area contributed by atoms with Crippen LogP contribution in [0.2, 0.25) is 5.02 Å². The number of halogens is 1.